The highest BCUT2D eigenvalue weighted by atomic mass is 32.1. The molecular formula is C11H9N3O2S. The molecule has 17 heavy (non-hydrogen) atoms. The van der Waals surface area contributed by atoms with Crippen LogP contribution in [0.25, 0.3) is 21.5 Å². The number of hydrogen-bond donors (Lipinski definition) is 3. The average Bonchev–Trinajstić information content (AvgIpc) is 2.85. The second-order valence-electron chi connectivity index (χ2n) is 3.56. The number of aromatic amines is 2. The van der Waals surface area contributed by atoms with Gasteiger partial charge in [0.2, 0.25) is 0 Å². The fourth-order valence-corrected chi connectivity index (χ4v) is 2.40. The van der Waals surface area contributed by atoms with Crippen molar-refractivity contribution in [2.45, 2.75) is 0 Å². The molecule has 2 heterocycles. The Kier molecular flexibility index (Phi) is 2.15. The van der Waals surface area contributed by atoms with E-state index in [2.05, 4.69) is 9.36 Å². The molecule has 1 aromatic heterocycles. The van der Waals surface area contributed by atoms with E-state index in [1.807, 2.05) is 18.2 Å². The zero-order valence-electron chi connectivity index (χ0n) is 8.69. The van der Waals surface area contributed by atoms with Gasteiger partial charge in [-0.15, -0.1) is 0 Å². The first-order chi connectivity index (χ1) is 8.25. The van der Waals surface area contributed by atoms with Gasteiger partial charge in [0, 0.05) is 11.8 Å². The maximum Gasteiger partial charge on any atom is 0.269 e. The first-order valence-electron chi connectivity index (χ1n) is 4.95. The van der Waals surface area contributed by atoms with Crippen molar-refractivity contribution in [3.05, 3.63) is 36.4 Å². The van der Waals surface area contributed by atoms with Gasteiger partial charge in [-0.3, -0.25) is 4.79 Å². The van der Waals surface area contributed by atoms with Crippen LogP contribution in [0, 0.1) is 0 Å². The Morgan fingerprint density at radius 1 is 1.41 bits per heavy atom. The molecule has 0 atom stereocenters. The Bertz CT molecular complexity index is 701. The Morgan fingerprint density at radius 3 is 3.12 bits per heavy atom. The minimum absolute atomic E-state index is 0.278. The van der Waals surface area contributed by atoms with Crippen LogP contribution in [-0.2, 0) is 0 Å². The zero-order chi connectivity index (χ0) is 11.8. The second-order valence-corrected chi connectivity index (χ2v) is 4.40. The Hall–Kier alpha value is -2.21. The summed E-state index contributed by atoms with van der Waals surface area (Å²) in [6.07, 6.45) is 3.29. The van der Waals surface area contributed by atoms with E-state index in [1.54, 1.807) is 12.5 Å². The van der Waals surface area contributed by atoms with Gasteiger partial charge in [-0.25, -0.2) is 0 Å². The summed E-state index contributed by atoms with van der Waals surface area (Å²) in [4.78, 5) is 14.0. The lowest BCUT2D eigenvalue weighted by Crippen LogP contribution is -2.11. The van der Waals surface area contributed by atoms with Gasteiger partial charge in [-0.2, -0.15) is 0 Å². The second kappa shape index (κ2) is 3.67. The summed E-state index contributed by atoms with van der Waals surface area (Å²) in [6.45, 7) is 0. The SMILES string of the molecule is NC(=O)c1[nH]cc2s[nH]c3cccc-3coc12. The highest BCUT2D eigenvalue weighted by Gasteiger charge is 2.11. The van der Waals surface area contributed by atoms with Gasteiger partial charge in [-0.05, 0) is 12.1 Å². The third-order valence-electron chi connectivity index (χ3n) is 2.47. The molecule has 6 heteroatoms. The number of rotatable bonds is 1. The van der Waals surface area contributed by atoms with Crippen LogP contribution >= 0.6 is 11.5 Å². The molecule has 0 aromatic carbocycles. The molecule has 5 nitrogen and oxygen atoms in total. The summed E-state index contributed by atoms with van der Waals surface area (Å²) in [6, 6.07) is 5.80. The number of nitrogens with one attached hydrogen (secondary N) is 2. The maximum atomic E-state index is 11.2. The largest absolute Gasteiger partial charge is 0.460 e. The minimum Gasteiger partial charge on any atom is -0.460 e. The monoisotopic (exact) mass is 247 g/mol. The third-order valence-corrected chi connectivity index (χ3v) is 3.31. The van der Waals surface area contributed by atoms with Gasteiger partial charge in [0.1, 0.15) is 16.7 Å². The fourth-order valence-electron chi connectivity index (χ4n) is 1.63. The van der Waals surface area contributed by atoms with E-state index in [0.717, 1.165) is 16.0 Å². The normalized spacial score (nSPS) is 10.8. The minimum atomic E-state index is -0.538. The van der Waals surface area contributed by atoms with Crippen molar-refractivity contribution in [3.63, 3.8) is 0 Å². The molecule has 3 rings (SSSR count). The summed E-state index contributed by atoms with van der Waals surface area (Å²) >= 11 is 1.37. The molecule has 1 amide bonds. The predicted molar refractivity (Wildman–Crippen MR) is 65.6 cm³/mol. The van der Waals surface area contributed by atoms with Gasteiger partial charge in [-0.1, -0.05) is 17.6 Å². The maximum absolute atomic E-state index is 11.2. The Labute approximate surface area is 100 Å². The molecule has 0 saturated heterocycles. The molecule has 1 aromatic rings. The molecular weight excluding hydrogens is 238 g/mol. The van der Waals surface area contributed by atoms with E-state index >= 15 is 0 Å². The molecule has 1 aliphatic heterocycles. The van der Waals surface area contributed by atoms with E-state index < -0.39 is 5.91 Å². The number of carbonyl (C=O) groups is 1. The molecule has 2 aliphatic rings. The number of H-pyrrole nitrogens is 2. The summed E-state index contributed by atoms with van der Waals surface area (Å²) in [5, 5.41) is 0. The standard InChI is InChI=1S/C11H9N3O2S/c12-11(15)9-10-8(4-13-9)17-14-7-3-1-2-6(7)5-16-10/h1-5,13-14H,(H2,12,15). The van der Waals surface area contributed by atoms with E-state index in [9.17, 15) is 4.79 Å². The molecule has 0 bridgehead atoms. The number of nitrogens with two attached hydrogens (primary N) is 1. The van der Waals surface area contributed by atoms with Crippen molar-refractivity contribution < 1.29 is 9.21 Å². The van der Waals surface area contributed by atoms with E-state index in [0.29, 0.717) is 5.58 Å². The summed E-state index contributed by atoms with van der Waals surface area (Å²) in [5.74, 6) is -0.538. The Balaban J connectivity index is 2.39. The highest BCUT2D eigenvalue weighted by Crippen LogP contribution is 2.24. The first-order valence-corrected chi connectivity index (χ1v) is 5.77. The van der Waals surface area contributed by atoms with Crippen LogP contribution in [-0.4, -0.2) is 15.3 Å². The van der Waals surface area contributed by atoms with Crippen LogP contribution < -0.4 is 5.73 Å². The number of carbonyl (C=O) groups excluding carboxylic acids is 1. The smallest absolute Gasteiger partial charge is 0.269 e. The molecule has 0 unspecified atom stereocenters. The molecule has 4 N–H and O–H groups in total. The third kappa shape index (κ3) is 1.58. The number of fused-ring (bicyclic) bond motifs is 2. The van der Waals surface area contributed by atoms with Gasteiger partial charge >= 0.3 is 0 Å². The van der Waals surface area contributed by atoms with Crippen molar-refractivity contribution >= 4 is 27.7 Å². The number of primary amides is 1. The molecule has 1 aliphatic carbocycles. The van der Waals surface area contributed by atoms with E-state index in [4.69, 9.17) is 10.2 Å². The van der Waals surface area contributed by atoms with Crippen molar-refractivity contribution in [3.8, 4) is 11.3 Å². The molecule has 86 valence electrons. The van der Waals surface area contributed by atoms with Crippen molar-refractivity contribution in [1.29, 1.82) is 0 Å². The topological polar surface area (TPSA) is 87.8 Å². The van der Waals surface area contributed by atoms with E-state index in [-0.39, 0.29) is 5.69 Å². The molecule has 0 saturated carbocycles. The van der Waals surface area contributed by atoms with Crippen molar-refractivity contribution in [2.75, 3.05) is 0 Å². The van der Waals surface area contributed by atoms with Crippen LogP contribution in [0.4, 0.5) is 0 Å². The van der Waals surface area contributed by atoms with Crippen molar-refractivity contribution in [1.82, 2.24) is 9.36 Å². The number of amides is 1. The Morgan fingerprint density at radius 2 is 2.29 bits per heavy atom. The van der Waals surface area contributed by atoms with Gasteiger partial charge < -0.3 is 19.5 Å². The van der Waals surface area contributed by atoms with Crippen LogP contribution in [0.1, 0.15) is 10.5 Å². The molecule has 0 fully saturated rings. The average molecular weight is 247 g/mol. The summed E-state index contributed by atoms with van der Waals surface area (Å²) in [7, 11) is 0. The lowest BCUT2D eigenvalue weighted by Gasteiger charge is -1.95. The van der Waals surface area contributed by atoms with Gasteiger partial charge in [0.25, 0.3) is 5.91 Å². The van der Waals surface area contributed by atoms with E-state index in [1.165, 1.54) is 11.5 Å². The number of hydrogen-bond acceptors (Lipinski definition) is 3. The van der Waals surface area contributed by atoms with Crippen LogP contribution in [0.15, 0.2) is 35.1 Å². The molecule has 0 spiro atoms. The first kappa shape index (κ1) is 9.98. The van der Waals surface area contributed by atoms with Gasteiger partial charge in [0.15, 0.2) is 5.58 Å². The fraction of sp³-hybridized carbons (Fsp3) is 0. The van der Waals surface area contributed by atoms with Crippen LogP contribution in [0.3, 0.4) is 0 Å². The van der Waals surface area contributed by atoms with Crippen LogP contribution in [0.5, 0.6) is 0 Å². The quantitative estimate of drug-likeness (QED) is 0.616. The van der Waals surface area contributed by atoms with Crippen molar-refractivity contribution in [2.24, 2.45) is 5.73 Å². The summed E-state index contributed by atoms with van der Waals surface area (Å²) in [5.41, 5.74) is 7.90. The molecule has 0 radical (unpaired) electrons. The highest BCUT2D eigenvalue weighted by molar-refractivity contribution is 7.12. The predicted octanol–water partition coefficient (Wildman–Crippen LogP) is 2.48. The number of aromatic nitrogens is 2. The summed E-state index contributed by atoms with van der Waals surface area (Å²) < 4.78 is 9.51. The zero-order valence-corrected chi connectivity index (χ0v) is 9.51. The lowest BCUT2D eigenvalue weighted by molar-refractivity contribution is 0.0996. The lowest BCUT2D eigenvalue weighted by atomic mass is 10.3. The van der Waals surface area contributed by atoms with Crippen LogP contribution in [0.2, 0.25) is 0 Å². The van der Waals surface area contributed by atoms with Gasteiger partial charge in [0.05, 0.1) is 5.69 Å².